The number of ketones is 1. The Bertz CT molecular complexity index is 1420. The fraction of sp³-hybridized carbons (Fsp3) is 0.851. The van der Waals surface area contributed by atoms with Crippen LogP contribution < -0.4 is 0 Å². The molecule has 1 fully saturated rings. The first-order valence-corrected chi connectivity index (χ1v) is 27.5. The first-order valence-electron chi connectivity index (χ1n) is 24.5. The molecule has 0 aromatic rings. The van der Waals surface area contributed by atoms with Gasteiger partial charge in [-0.2, -0.15) is 0 Å². The number of phosphoric acid groups is 2. The summed E-state index contributed by atoms with van der Waals surface area (Å²) in [6.45, 7) is 3.71. The van der Waals surface area contributed by atoms with Crippen LogP contribution in [0.5, 0.6) is 0 Å². The van der Waals surface area contributed by atoms with Gasteiger partial charge < -0.3 is 39.5 Å². The van der Waals surface area contributed by atoms with E-state index in [2.05, 4.69) is 29.8 Å². The predicted octanol–water partition coefficient (Wildman–Crippen LogP) is 9.51. The monoisotopic (exact) mass is 969 g/mol. The van der Waals surface area contributed by atoms with Crippen LogP contribution in [0.1, 0.15) is 188 Å². The molecule has 1 rings (SSSR count). The number of Topliss-reactive ketones (excluding diaryl/α,β-unsaturated/α-hetero) is 1. The molecule has 380 valence electrons. The molecule has 0 bridgehead atoms. The Morgan fingerprint density at radius 2 is 1.23 bits per heavy atom. The lowest BCUT2D eigenvalue weighted by molar-refractivity contribution is -0.161. The summed E-state index contributed by atoms with van der Waals surface area (Å²) in [5, 5.41) is 30.5. The maximum absolute atomic E-state index is 12.8. The number of carbonyl (C=O) groups excluding carboxylic acids is 3. The van der Waals surface area contributed by atoms with Gasteiger partial charge in [0.05, 0.1) is 32.0 Å². The maximum atomic E-state index is 12.8. The van der Waals surface area contributed by atoms with E-state index in [0.717, 1.165) is 50.9 Å². The summed E-state index contributed by atoms with van der Waals surface area (Å²) in [6, 6.07) is 0. The summed E-state index contributed by atoms with van der Waals surface area (Å²) in [5.74, 6) is -1.27. The average Bonchev–Trinajstić information content (AvgIpc) is 3.51. The van der Waals surface area contributed by atoms with Crippen molar-refractivity contribution in [2.45, 2.75) is 212 Å². The number of hydrogen-bond donors (Lipinski definition) is 6. The van der Waals surface area contributed by atoms with Crippen LogP contribution in [0.15, 0.2) is 24.3 Å². The molecule has 6 N–H and O–H groups in total. The third-order valence-electron chi connectivity index (χ3n) is 11.4. The van der Waals surface area contributed by atoms with Crippen molar-refractivity contribution in [2.24, 2.45) is 17.8 Å². The van der Waals surface area contributed by atoms with Crippen LogP contribution in [-0.2, 0) is 46.6 Å². The molecule has 16 nitrogen and oxygen atoms in total. The van der Waals surface area contributed by atoms with Gasteiger partial charge in [-0.05, 0) is 38.0 Å². The minimum Gasteiger partial charge on any atom is -0.462 e. The largest absolute Gasteiger partial charge is 0.472 e. The molecule has 0 aromatic heterocycles. The van der Waals surface area contributed by atoms with E-state index in [9.17, 15) is 43.7 Å². The van der Waals surface area contributed by atoms with E-state index in [1.165, 1.54) is 70.6 Å². The number of aliphatic hydroxyl groups is 3. The predicted molar refractivity (Wildman–Crippen MR) is 249 cm³/mol. The van der Waals surface area contributed by atoms with Gasteiger partial charge in [-0.3, -0.25) is 28.0 Å². The highest BCUT2D eigenvalue weighted by Gasteiger charge is 2.39. The van der Waals surface area contributed by atoms with Crippen molar-refractivity contribution in [3.8, 4) is 0 Å². The van der Waals surface area contributed by atoms with Gasteiger partial charge in [0.2, 0.25) is 0 Å². The van der Waals surface area contributed by atoms with Crippen molar-refractivity contribution in [2.75, 3.05) is 26.4 Å². The van der Waals surface area contributed by atoms with Crippen LogP contribution in [0.3, 0.4) is 0 Å². The number of phosphoric ester groups is 2. The van der Waals surface area contributed by atoms with Crippen LogP contribution in [-0.4, -0.2) is 98.6 Å². The second-order valence-corrected chi connectivity index (χ2v) is 20.7. The van der Waals surface area contributed by atoms with Crippen molar-refractivity contribution in [1.29, 1.82) is 0 Å². The summed E-state index contributed by atoms with van der Waals surface area (Å²) in [4.78, 5) is 65.6. The molecule has 0 amide bonds. The number of allylic oxidation sites excluding steroid dienone is 3. The number of aliphatic hydroxyl groups excluding tert-OH is 3. The molecular formula is C47H86O16P2. The highest BCUT2D eigenvalue weighted by Crippen LogP contribution is 2.44. The van der Waals surface area contributed by atoms with Gasteiger partial charge >= 0.3 is 27.6 Å². The Kier molecular flexibility index (Phi) is 35.0. The van der Waals surface area contributed by atoms with Gasteiger partial charge in [0.15, 0.2) is 6.10 Å². The van der Waals surface area contributed by atoms with Gasteiger partial charge in [0.1, 0.15) is 18.5 Å². The van der Waals surface area contributed by atoms with E-state index in [4.69, 9.17) is 23.8 Å². The summed E-state index contributed by atoms with van der Waals surface area (Å²) >= 11 is 0. The van der Waals surface area contributed by atoms with E-state index < -0.39 is 84.3 Å². The molecule has 65 heavy (non-hydrogen) atoms. The fourth-order valence-electron chi connectivity index (χ4n) is 7.57. The molecule has 1 aliphatic carbocycles. The lowest BCUT2D eigenvalue weighted by atomic mass is 9.90. The molecule has 0 spiro atoms. The van der Waals surface area contributed by atoms with Crippen molar-refractivity contribution < 1.29 is 76.6 Å². The standard InChI is InChI=1S/C47H86O16P2/c1-4-5-21-27-39(48)31-32-43-42(44(50)33-45(43)51)28-23-19-20-24-29-46(52)59-36-41(37-62-65(57,58)61-35-40(49)34-60-64(54,55)56)63-47(53)30-25-18-16-14-12-10-8-6-7-9-11-13-15-17-22-26-38(2)3/h19,23,31-32,38-44,48-50H,4-18,20-22,24-30,33-37H2,1-3H3,(H,57,58)(H2,54,55,56)/b23-19-,32-31+/t39-,40-,41+,42+,43+,44-/m0/s1. The second kappa shape index (κ2) is 37.1. The Morgan fingerprint density at radius 1 is 0.692 bits per heavy atom. The van der Waals surface area contributed by atoms with Crippen LogP contribution >= 0.6 is 15.6 Å². The zero-order valence-electron chi connectivity index (χ0n) is 39.7. The lowest BCUT2D eigenvalue weighted by Crippen LogP contribution is -2.30. The van der Waals surface area contributed by atoms with Crippen LogP contribution in [0, 0.1) is 17.8 Å². The van der Waals surface area contributed by atoms with E-state index in [1.807, 2.05) is 12.2 Å². The van der Waals surface area contributed by atoms with Crippen molar-refractivity contribution in [1.82, 2.24) is 0 Å². The summed E-state index contributed by atoms with van der Waals surface area (Å²) in [6.07, 6.45) is 26.8. The van der Waals surface area contributed by atoms with Gasteiger partial charge in [0, 0.05) is 31.1 Å². The molecule has 1 unspecified atom stereocenters. The molecule has 0 aliphatic heterocycles. The lowest BCUT2D eigenvalue weighted by Gasteiger charge is -2.20. The number of hydrogen-bond acceptors (Lipinski definition) is 13. The van der Waals surface area contributed by atoms with Crippen molar-refractivity contribution >= 4 is 33.4 Å². The Labute approximate surface area is 389 Å². The molecule has 0 heterocycles. The highest BCUT2D eigenvalue weighted by atomic mass is 31.2. The number of rotatable bonds is 42. The Morgan fingerprint density at radius 3 is 1.82 bits per heavy atom. The van der Waals surface area contributed by atoms with E-state index in [0.29, 0.717) is 32.1 Å². The third-order valence-corrected chi connectivity index (χ3v) is 12.8. The first kappa shape index (κ1) is 61.2. The Hall–Kier alpha value is -1.81. The molecule has 0 aromatic carbocycles. The van der Waals surface area contributed by atoms with Gasteiger partial charge in [-0.1, -0.05) is 161 Å². The van der Waals surface area contributed by atoms with Crippen LogP contribution in [0.25, 0.3) is 0 Å². The summed E-state index contributed by atoms with van der Waals surface area (Å²) in [5.41, 5.74) is 0. The highest BCUT2D eigenvalue weighted by molar-refractivity contribution is 7.47. The summed E-state index contributed by atoms with van der Waals surface area (Å²) < 4.78 is 47.9. The smallest absolute Gasteiger partial charge is 0.462 e. The zero-order chi connectivity index (χ0) is 48.4. The van der Waals surface area contributed by atoms with E-state index in [1.54, 1.807) is 12.2 Å². The molecule has 1 aliphatic rings. The molecular weight excluding hydrogens is 882 g/mol. The topological polar surface area (TPSA) is 253 Å². The first-order chi connectivity index (χ1) is 30.9. The van der Waals surface area contributed by atoms with E-state index in [-0.39, 0.29) is 31.0 Å². The number of ether oxygens (including phenoxy) is 2. The number of carbonyl (C=O) groups is 3. The molecule has 0 radical (unpaired) electrons. The zero-order valence-corrected chi connectivity index (χ0v) is 41.5. The van der Waals surface area contributed by atoms with Crippen LogP contribution in [0.2, 0.25) is 0 Å². The van der Waals surface area contributed by atoms with E-state index >= 15 is 0 Å². The molecule has 18 heteroatoms. The molecule has 7 atom stereocenters. The average molecular weight is 969 g/mol. The fourth-order valence-corrected chi connectivity index (χ4v) is 8.73. The van der Waals surface area contributed by atoms with Gasteiger partial charge in [0.25, 0.3) is 0 Å². The SMILES string of the molecule is CCCCC[C@H](O)/C=C/[C@H]1C(=O)C[C@H](O)[C@@H]1C/C=C\CCCC(=O)OC[C@H](COP(=O)(O)OC[C@@H](O)COP(=O)(O)O)OC(=O)CCCCCCCCCCCCCCCCCC(C)C. The van der Waals surface area contributed by atoms with Crippen molar-refractivity contribution in [3.63, 3.8) is 0 Å². The minimum absolute atomic E-state index is 0.00659. The number of esters is 2. The maximum Gasteiger partial charge on any atom is 0.472 e. The Balaban J connectivity index is 2.50. The summed E-state index contributed by atoms with van der Waals surface area (Å²) in [7, 11) is -9.77. The quantitative estimate of drug-likeness (QED) is 0.0144. The number of unbranched alkanes of at least 4 members (excludes halogenated alkanes) is 17. The minimum atomic E-state index is -4.90. The third kappa shape index (κ3) is 35.0. The van der Waals surface area contributed by atoms with Gasteiger partial charge in [-0.15, -0.1) is 0 Å². The molecule has 0 saturated heterocycles. The normalized spacial score (nSPS) is 19.3. The van der Waals surface area contributed by atoms with Crippen LogP contribution in [0.4, 0.5) is 0 Å². The molecule has 1 saturated carbocycles. The van der Waals surface area contributed by atoms with Gasteiger partial charge in [-0.25, -0.2) is 9.13 Å². The second-order valence-electron chi connectivity index (χ2n) is 18.0. The van der Waals surface area contributed by atoms with Crippen molar-refractivity contribution in [3.05, 3.63) is 24.3 Å².